The molecule has 0 aliphatic carbocycles. The van der Waals surface area contributed by atoms with Crippen molar-refractivity contribution >= 4 is 0 Å². The average molecular weight is 258 g/mol. The van der Waals surface area contributed by atoms with Gasteiger partial charge in [-0.15, -0.1) is 0 Å². The number of nitrogens with two attached hydrogens (primary N) is 1. The van der Waals surface area contributed by atoms with Crippen LogP contribution in [0.3, 0.4) is 0 Å². The Morgan fingerprint density at radius 2 is 2.22 bits per heavy atom. The van der Waals surface area contributed by atoms with E-state index < -0.39 is 11.6 Å². The summed E-state index contributed by atoms with van der Waals surface area (Å²) in [7, 11) is 0. The summed E-state index contributed by atoms with van der Waals surface area (Å²) in [5, 5.41) is 0. The van der Waals surface area contributed by atoms with Crippen molar-refractivity contribution in [2.24, 2.45) is 5.84 Å². The maximum absolute atomic E-state index is 13.5. The third-order valence-electron chi connectivity index (χ3n) is 2.98. The van der Waals surface area contributed by atoms with Gasteiger partial charge in [-0.05, 0) is 18.1 Å². The van der Waals surface area contributed by atoms with Gasteiger partial charge in [0.15, 0.2) is 11.6 Å². The molecule has 3 N–H and O–H groups in total. The van der Waals surface area contributed by atoms with Crippen LogP contribution in [-0.2, 0) is 15.9 Å². The first-order valence-electron chi connectivity index (χ1n) is 5.80. The van der Waals surface area contributed by atoms with E-state index in [0.717, 1.165) is 6.07 Å². The lowest BCUT2D eigenvalue weighted by Crippen LogP contribution is -2.50. The van der Waals surface area contributed by atoms with E-state index in [1.54, 1.807) is 0 Å². The number of hydrogen-bond acceptors (Lipinski definition) is 4. The van der Waals surface area contributed by atoms with Crippen molar-refractivity contribution in [1.82, 2.24) is 5.43 Å². The van der Waals surface area contributed by atoms with Crippen LogP contribution in [0.5, 0.6) is 0 Å². The molecular weight excluding hydrogens is 242 g/mol. The third-order valence-corrected chi connectivity index (χ3v) is 2.98. The summed E-state index contributed by atoms with van der Waals surface area (Å²) in [6.07, 6.45) is -0.0138. The highest BCUT2D eigenvalue weighted by Gasteiger charge is 2.25. The molecule has 2 unspecified atom stereocenters. The standard InChI is InChI=1S/C12H16F2N2O2/c13-9-3-1-2-8(12(9)14)6-10(16-15)11-7-17-4-5-18-11/h1-3,10-11,16H,4-7,15H2. The van der Waals surface area contributed by atoms with Crippen molar-refractivity contribution in [3.63, 3.8) is 0 Å². The van der Waals surface area contributed by atoms with Gasteiger partial charge in [0, 0.05) is 0 Å². The number of benzene rings is 1. The van der Waals surface area contributed by atoms with E-state index in [1.165, 1.54) is 12.1 Å². The van der Waals surface area contributed by atoms with E-state index in [1.807, 2.05) is 0 Å². The number of nitrogens with one attached hydrogen (secondary N) is 1. The number of hydrazine groups is 1. The summed E-state index contributed by atoms with van der Waals surface area (Å²) < 4.78 is 37.4. The summed E-state index contributed by atoms with van der Waals surface area (Å²) in [5.74, 6) is 3.74. The molecule has 2 rings (SSSR count). The molecule has 2 atom stereocenters. The first kappa shape index (κ1) is 13.4. The molecule has 1 aliphatic rings. The molecule has 4 nitrogen and oxygen atoms in total. The Labute approximate surface area is 104 Å². The van der Waals surface area contributed by atoms with Gasteiger partial charge in [-0.2, -0.15) is 0 Å². The van der Waals surface area contributed by atoms with E-state index >= 15 is 0 Å². The van der Waals surface area contributed by atoms with Crippen molar-refractivity contribution in [3.8, 4) is 0 Å². The molecule has 0 aromatic heterocycles. The van der Waals surface area contributed by atoms with E-state index in [-0.39, 0.29) is 24.1 Å². The monoisotopic (exact) mass is 258 g/mol. The first-order chi connectivity index (χ1) is 8.72. The highest BCUT2D eigenvalue weighted by atomic mass is 19.2. The van der Waals surface area contributed by atoms with Gasteiger partial charge < -0.3 is 9.47 Å². The zero-order chi connectivity index (χ0) is 13.0. The van der Waals surface area contributed by atoms with Gasteiger partial charge in [0.2, 0.25) is 0 Å². The quantitative estimate of drug-likeness (QED) is 0.618. The molecular formula is C12H16F2N2O2. The molecule has 1 saturated heterocycles. The normalized spacial score (nSPS) is 21.8. The maximum atomic E-state index is 13.5. The second-order valence-corrected chi connectivity index (χ2v) is 4.17. The van der Waals surface area contributed by atoms with E-state index in [4.69, 9.17) is 15.3 Å². The van der Waals surface area contributed by atoms with Crippen LogP contribution in [0.25, 0.3) is 0 Å². The van der Waals surface area contributed by atoms with E-state index in [2.05, 4.69) is 5.43 Å². The number of hydrogen-bond donors (Lipinski definition) is 2. The van der Waals surface area contributed by atoms with Gasteiger partial charge in [0.1, 0.15) is 0 Å². The molecule has 0 spiro atoms. The summed E-state index contributed by atoms with van der Waals surface area (Å²) in [5.41, 5.74) is 2.84. The van der Waals surface area contributed by atoms with Crippen LogP contribution in [0.2, 0.25) is 0 Å². The fourth-order valence-electron chi connectivity index (χ4n) is 1.98. The van der Waals surface area contributed by atoms with Crippen LogP contribution in [0.15, 0.2) is 18.2 Å². The summed E-state index contributed by atoms with van der Waals surface area (Å²) >= 11 is 0. The number of halogens is 2. The lowest BCUT2D eigenvalue weighted by atomic mass is 10.0. The molecule has 0 saturated carbocycles. The Kier molecular flexibility index (Phi) is 4.60. The van der Waals surface area contributed by atoms with Crippen LogP contribution in [0.4, 0.5) is 8.78 Å². The summed E-state index contributed by atoms with van der Waals surface area (Å²) in [4.78, 5) is 0. The lowest BCUT2D eigenvalue weighted by molar-refractivity contribution is -0.101. The summed E-state index contributed by atoms with van der Waals surface area (Å²) in [6, 6.07) is 3.78. The van der Waals surface area contributed by atoms with Crippen molar-refractivity contribution in [1.29, 1.82) is 0 Å². The zero-order valence-corrected chi connectivity index (χ0v) is 9.86. The molecule has 1 aromatic carbocycles. The highest BCUT2D eigenvalue weighted by molar-refractivity contribution is 5.20. The first-order valence-corrected chi connectivity index (χ1v) is 5.80. The molecule has 0 bridgehead atoms. The van der Waals surface area contributed by atoms with Crippen LogP contribution < -0.4 is 11.3 Å². The second-order valence-electron chi connectivity index (χ2n) is 4.17. The molecule has 1 fully saturated rings. The van der Waals surface area contributed by atoms with Gasteiger partial charge in [0.25, 0.3) is 0 Å². The second kappa shape index (κ2) is 6.19. The largest absolute Gasteiger partial charge is 0.376 e. The number of ether oxygens (including phenoxy) is 2. The Morgan fingerprint density at radius 1 is 1.39 bits per heavy atom. The van der Waals surface area contributed by atoms with Crippen LogP contribution >= 0.6 is 0 Å². The predicted molar refractivity (Wildman–Crippen MR) is 61.7 cm³/mol. The molecule has 6 heteroatoms. The minimum Gasteiger partial charge on any atom is -0.376 e. The van der Waals surface area contributed by atoms with Gasteiger partial charge in [0.05, 0.1) is 32.0 Å². The zero-order valence-electron chi connectivity index (χ0n) is 9.86. The Balaban J connectivity index is 2.07. The molecule has 18 heavy (non-hydrogen) atoms. The topological polar surface area (TPSA) is 56.5 Å². The Bertz CT molecular complexity index is 398. The smallest absolute Gasteiger partial charge is 0.162 e. The molecule has 0 amide bonds. The number of rotatable bonds is 4. The SMILES string of the molecule is NNC(Cc1cccc(F)c1F)C1COCCO1. The van der Waals surface area contributed by atoms with Gasteiger partial charge in [-0.25, -0.2) is 8.78 Å². The van der Waals surface area contributed by atoms with Crippen molar-refractivity contribution < 1.29 is 18.3 Å². The molecule has 1 aliphatic heterocycles. The fraction of sp³-hybridized carbons (Fsp3) is 0.500. The van der Waals surface area contributed by atoms with Gasteiger partial charge in [-0.1, -0.05) is 12.1 Å². The summed E-state index contributed by atoms with van der Waals surface area (Å²) in [6.45, 7) is 1.42. The minimum atomic E-state index is -0.857. The van der Waals surface area contributed by atoms with E-state index in [9.17, 15) is 8.78 Å². The van der Waals surface area contributed by atoms with Crippen molar-refractivity contribution in [2.75, 3.05) is 19.8 Å². The average Bonchev–Trinajstić information content (AvgIpc) is 2.41. The highest BCUT2D eigenvalue weighted by Crippen LogP contribution is 2.16. The van der Waals surface area contributed by atoms with Crippen molar-refractivity contribution in [3.05, 3.63) is 35.4 Å². The molecule has 1 heterocycles. The van der Waals surface area contributed by atoms with Crippen LogP contribution in [-0.4, -0.2) is 32.0 Å². The minimum absolute atomic E-state index is 0.244. The Morgan fingerprint density at radius 3 is 2.89 bits per heavy atom. The fourth-order valence-corrected chi connectivity index (χ4v) is 1.98. The lowest BCUT2D eigenvalue weighted by Gasteiger charge is -2.30. The predicted octanol–water partition coefficient (Wildman–Crippen LogP) is 0.755. The Hall–Kier alpha value is -1.08. The maximum Gasteiger partial charge on any atom is 0.162 e. The molecule has 0 radical (unpaired) electrons. The van der Waals surface area contributed by atoms with Crippen LogP contribution in [0, 0.1) is 11.6 Å². The molecule has 1 aromatic rings. The van der Waals surface area contributed by atoms with Crippen LogP contribution in [0.1, 0.15) is 5.56 Å². The molecule has 100 valence electrons. The third kappa shape index (κ3) is 3.02. The van der Waals surface area contributed by atoms with Crippen molar-refractivity contribution in [2.45, 2.75) is 18.6 Å². The van der Waals surface area contributed by atoms with Gasteiger partial charge in [-0.3, -0.25) is 11.3 Å². The van der Waals surface area contributed by atoms with Gasteiger partial charge >= 0.3 is 0 Å². The van der Waals surface area contributed by atoms with E-state index in [0.29, 0.717) is 19.8 Å².